The molecule has 32 heavy (non-hydrogen) atoms. The second-order valence-corrected chi connectivity index (χ2v) is 11.0. The van der Waals surface area contributed by atoms with Gasteiger partial charge in [0.25, 0.3) is 5.91 Å². The molecule has 1 fully saturated rings. The standard InChI is InChI=1S/C24H23FN2O3S2/c25-20-9-8-18(16-22(20)32(29,30)26-12-4-5-13-26)24(28)27-14-10-21-19(11-15-31-21)23(27)17-6-2-1-3-7-17/h1-3,6-9,11,15-16,23H,4-5,10,12-14H2. The number of halogens is 1. The molecule has 2 aromatic carbocycles. The fourth-order valence-corrected chi connectivity index (χ4v) is 7.11. The molecule has 1 aromatic heterocycles. The second-order valence-electron chi connectivity index (χ2n) is 8.12. The maximum absolute atomic E-state index is 14.6. The van der Waals surface area contributed by atoms with Crippen molar-refractivity contribution in [1.82, 2.24) is 9.21 Å². The molecule has 0 saturated carbocycles. The highest BCUT2D eigenvalue weighted by atomic mass is 32.2. The average Bonchev–Trinajstić information content (AvgIpc) is 3.51. The van der Waals surface area contributed by atoms with E-state index in [1.54, 1.807) is 16.2 Å². The minimum absolute atomic E-state index is 0.184. The maximum Gasteiger partial charge on any atom is 0.254 e. The van der Waals surface area contributed by atoms with Gasteiger partial charge in [-0.1, -0.05) is 30.3 Å². The summed E-state index contributed by atoms with van der Waals surface area (Å²) >= 11 is 1.68. The first-order valence-electron chi connectivity index (χ1n) is 10.7. The van der Waals surface area contributed by atoms with Gasteiger partial charge in [-0.15, -0.1) is 11.3 Å². The molecule has 3 heterocycles. The summed E-state index contributed by atoms with van der Waals surface area (Å²) in [5.74, 6) is -1.12. The van der Waals surface area contributed by atoms with Crippen LogP contribution >= 0.6 is 11.3 Å². The van der Waals surface area contributed by atoms with Crippen LogP contribution in [0.2, 0.25) is 0 Å². The van der Waals surface area contributed by atoms with Crippen LogP contribution in [-0.4, -0.2) is 43.2 Å². The first-order chi connectivity index (χ1) is 15.5. The lowest BCUT2D eigenvalue weighted by Crippen LogP contribution is -2.40. The van der Waals surface area contributed by atoms with E-state index in [1.165, 1.54) is 21.3 Å². The van der Waals surface area contributed by atoms with Gasteiger partial charge in [-0.05, 0) is 60.0 Å². The van der Waals surface area contributed by atoms with Crippen LogP contribution in [0, 0.1) is 5.82 Å². The molecule has 5 nitrogen and oxygen atoms in total. The monoisotopic (exact) mass is 470 g/mol. The molecular formula is C24H23FN2O3S2. The summed E-state index contributed by atoms with van der Waals surface area (Å²) in [7, 11) is -3.97. The number of sulfonamides is 1. The van der Waals surface area contributed by atoms with E-state index in [1.807, 2.05) is 41.8 Å². The zero-order valence-corrected chi connectivity index (χ0v) is 19.0. The number of amides is 1. The van der Waals surface area contributed by atoms with E-state index in [2.05, 4.69) is 0 Å². The van der Waals surface area contributed by atoms with Crippen molar-refractivity contribution < 1.29 is 17.6 Å². The second kappa shape index (κ2) is 8.42. The van der Waals surface area contributed by atoms with Crippen molar-refractivity contribution in [1.29, 1.82) is 0 Å². The molecule has 5 rings (SSSR count). The van der Waals surface area contributed by atoms with Crippen molar-refractivity contribution in [2.24, 2.45) is 0 Å². The molecule has 1 amide bonds. The van der Waals surface area contributed by atoms with Crippen LogP contribution < -0.4 is 0 Å². The van der Waals surface area contributed by atoms with E-state index in [0.717, 1.165) is 36.5 Å². The Balaban J connectivity index is 1.54. The zero-order valence-electron chi connectivity index (χ0n) is 17.4. The van der Waals surface area contributed by atoms with Gasteiger partial charge in [0.1, 0.15) is 10.7 Å². The molecule has 0 bridgehead atoms. The van der Waals surface area contributed by atoms with Gasteiger partial charge < -0.3 is 4.90 Å². The quantitative estimate of drug-likeness (QED) is 0.566. The molecule has 2 aliphatic heterocycles. The lowest BCUT2D eigenvalue weighted by molar-refractivity contribution is 0.0695. The molecule has 0 N–H and O–H groups in total. The molecule has 2 aliphatic rings. The summed E-state index contributed by atoms with van der Waals surface area (Å²) in [5.41, 5.74) is 2.27. The van der Waals surface area contributed by atoms with Crippen LogP contribution in [0.25, 0.3) is 0 Å². The Kier molecular flexibility index (Phi) is 5.61. The maximum atomic E-state index is 14.6. The van der Waals surface area contributed by atoms with Crippen LogP contribution in [0.5, 0.6) is 0 Å². The fourth-order valence-electron chi connectivity index (χ4n) is 4.60. The predicted octanol–water partition coefficient (Wildman–Crippen LogP) is 4.46. The zero-order chi connectivity index (χ0) is 22.3. The highest BCUT2D eigenvalue weighted by molar-refractivity contribution is 7.89. The normalized spacial score (nSPS) is 19.2. The predicted molar refractivity (Wildman–Crippen MR) is 122 cm³/mol. The minimum atomic E-state index is -3.97. The van der Waals surface area contributed by atoms with Crippen LogP contribution in [-0.2, 0) is 16.4 Å². The third kappa shape index (κ3) is 3.66. The fraction of sp³-hybridized carbons (Fsp3) is 0.292. The molecule has 166 valence electrons. The Morgan fingerprint density at radius 3 is 2.50 bits per heavy atom. The lowest BCUT2D eigenvalue weighted by atomic mass is 9.92. The first kappa shape index (κ1) is 21.3. The smallest absolute Gasteiger partial charge is 0.254 e. The Hall–Kier alpha value is -2.55. The molecule has 0 radical (unpaired) electrons. The van der Waals surface area contributed by atoms with Gasteiger partial charge >= 0.3 is 0 Å². The van der Waals surface area contributed by atoms with Crippen molar-refractivity contribution in [3.8, 4) is 0 Å². The number of benzene rings is 2. The average molecular weight is 471 g/mol. The first-order valence-corrected chi connectivity index (χ1v) is 13.0. The third-order valence-corrected chi connectivity index (χ3v) is 9.11. The van der Waals surface area contributed by atoms with E-state index < -0.39 is 20.7 Å². The highest BCUT2D eigenvalue weighted by Crippen LogP contribution is 2.38. The topological polar surface area (TPSA) is 57.7 Å². The van der Waals surface area contributed by atoms with E-state index in [4.69, 9.17) is 0 Å². The van der Waals surface area contributed by atoms with Crippen LogP contribution in [0.1, 0.15) is 45.2 Å². The van der Waals surface area contributed by atoms with Gasteiger partial charge in [-0.2, -0.15) is 4.31 Å². The summed E-state index contributed by atoms with van der Waals surface area (Å²) in [4.78, 5) is 16.2. The SMILES string of the molecule is O=C(c1ccc(F)c(S(=O)(=O)N2CCCC2)c1)N1CCc2sccc2C1c1ccccc1. The number of fused-ring (bicyclic) bond motifs is 1. The summed E-state index contributed by atoms with van der Waals surface area (Å²) in [5, 5.41) is 2.03. The van der Waals surface area contributed by atoms with Crippen molar-refractivity contribution >= 4 is 27.3 Å². The summed E-state index contributed by atoms with van der Waals surface area (Å²) < 4.78 is 41.9. The van der Waals surface area contributed by atoms with Crippen molar-refractivity contribution in [3.63, 3.8) is 0 Å². The minimum Gasteiger partial charge on any atom is -0.327 e. The van der Waals surface area contributed by atoms with Crippen LogP contribution in [0.4, 0.5) is 4.39 Å². The third-order valence-electron chi connectivity index (χ3n) is 6.20. The van der Waals surface area contributed by atoms with Gasteiger partial charge in [-0.3, -0.25) is 4.79 Å². The van der Waals surface area contributed by atoms with Gasteiger partial charge in [0.2, 0.25) is 10.0 Å². The van der Waals surface area contributed by atoms with Crippen molar-refractivity contribution in [2.45, 2.75) is 30.2 Å². The Morgan fingerprint density at radius 2 is 1.75 bits per heavy atom. The van der Waals surface area contributed by atoms with E-state index in [0.29, 0.717) is 19.6 Å². The number of carbonyl (C=O) groups is 1. The molecule has 1 atom stereocenters. The largest absolute Gasteiger partial charge is 0.327 e. The van der Waals surface area contributed by atoms with E-state index in [-0.39, 0.29) is 17.5 Å². The van der Waals surface area contributed by atoms with E-state index in [9.17, 15) is 17.6 Å². The van der Waals surface area contributed by atoms with Gasteiger partial charge in [0, 0.05) is 30.1 Å². The number of thiophene rings is 1. The summed E-state index contributed by atoms with van der Waals surface area (Å²) in [6.07, 6.45) is 2.26. The summed E-state index contributed by atoms with van der Waals surface area (Å²) in [6, 6.07) is 15.3. The number of rotatable bonds is 4. The van der Waals surface area contributed by atoms with Crippen LogP contribution in [0.3, 0.4) is 0 Å². The lowest BCUT2D eigenvalue weighted by Gasteiger charge is -2.36. The van der Waals surface area contributed by atoms with E-state index >= 15 is 0 Å². The molecule has 0 spiro atoms. The molecular weight excluding hydrogens is 447 g/mol. The van der Waals surface area contributed by atoms with Gasteiger partial charge in [-0.25, -0.2) is 12.8 Å². The summed E-state index contributed by atoms with van der Waals surface area (Å²) in [6.45, 7) is 1.27. The molecule has 8 heteroatoms. The molecule has 0 aliphatic carbocycles. The Morgan fingerprint density at radius 1 is 1.00 bits per heavy atom. The Bertz CT molecular complexity index is 1250. The Labute approximate surface area is 191 Å². The highest BCUT2D eigenvalue weighted by Gasteiger charge is 2.35. The van der Waals surface area contributed by atoms with Crippen LogP contribution in [0.15, 0.2) is 64.9 Å². The number of nitrogens with zero attached hydrogens (tertiary/aromatic N) is 2. The number of hydrogen-bond acceptors (Lipinski definition) is 4. The number of hydrogen-bond donors (Lipinski definition) is 0. The van der Waals surface area contributed by atoms with Crippen molar-refractivity contribution in [2.75, 3.05) is 19.6 Å². The molecule has 1 saturated heterocycles. The van der Waals surface area contributed by atoms with Crippen molar-refractivity contribution in [3.05, 3.63) is 87.4 Å². The molecule has 3 aromatic rings. The van der Waals surface area contributed by atoms with Gasteiger partial charge in [0.05, 0.1) is 6.04 Å². The number of carbonyl (C=O) groups excluding carboxylic acids is 1. The molecule has 1 unspecified atom stereocenters. The van der Waals surface area contributed by atoms with Gasteiger partial charge in [0.15, 0.2) is 0 Å².